The van der Waals surface area contributed by atoms with Crippen molar-refractivity contribution in [1.29, 1.82) is 0 Å². The fourth-order valence-electron chi connectivity index (χ4n) is 2.49. The molecule has 0 aromatic heterocycles. The summed E-state index contributed by atoms with van der Waals surface area (Å²) in [5, 5.41) is 0. The first-order chi connectivity index (χ1) is 8.99. The van der Waals surface area contributed by atoms with Crippen molar-refractivity contribution in [2.75, 3.05) is 0 Å². The normalized spacial score (nSPS) is 12.5. The third kappa shape index (κ3) is 3.19. The van der Waals surface area contributed by atoms with Gasteiger partial charge in [0.25, 0.3) is 0 Å². The Morgan fingerprint density at radius 2 is 1.32 bits per heavy atom. The largest absolute Gasteiger partial charge is 0.271 e. The lowest BCUT2D eigenvalue weighted by Crippen LogP contribution is -2.29. The number of benzene rings is 2. The van der Waals surface area contributed by atoms with Crippen LogP contribution in [0.1, 0.15) is 33.9 Å². The molecule has 0 fully saturated rings. The number of nitrogens with one attached hydrogen (secondary N) is 1. The van der Waals surface area contributed by atoms with Gasteiger partial charge in [-0.2, -0.15) is 0 Å². The highest BCUT2D eigenvalue weighted by molar-refractivity contribution is 5.38. The van der Waals surface area contributed by atoms with Gasteiger partial charge in [-0.1, -0.05) is 35.4 Å². The number of halogens is 1. The molecule has 0 saturated heterocycles. The molecule has 2 nitrogen and oxygen atoms in total. The van der Waals surface area contributed by atoms with E-state index in [2.05, 4.69) is 23.6 Å². The Bertz CT molecular complexity index is 501. The highest BCUT2D eigenvalue weighted by Gasteiger charge is 2.14. The maximum absolute atomic E-state index is 13.5. The molecule has 1 unspecified atom stereocenters. The Labute approximate surface area is 113 Å². The van der Waals surface area contributed by atoms with Gasteiger partial charge in [0.1, 0.15) is 5.82 Å². The molecule has 0 radical (unpaired) electrons. The molecule has 3 N–H and O–H groups in total. The van der Waals surface area contributed by atoms with Crippen LogP contribution in [0, 0.1) is 26.6 Å². The summed E-state index contributed by atoms with van der Waals surface area (Å²) in [5.41, 5.74) is 7.89. The molecular weight excluding hydrogens is 239 g/mol. The second-order valence-corrected chi connectivity index (χ2v) is 5.08. The van der Waals surface area contributed by atoms with Gasteiger partial charge in [0, 0.05) is 0 Å². The number of hydrogen-bond acceptors (Lipinski definition) is 2. The number of rotatable bonds is 3. The molecule has 0 heterocycles. The summed E-state index contributed by atoms with van der Waals surface area (Å²) < 4.78 is 13.5. The van der Waals surface area contributed by atoms with Crippen LogP contribution in [0.5, 0.6) is 0 Å². The van der Waals surface area contributed by atoms with Crippen molar-refractivity contribution >= 4 is 0 Å². The van der Waals surface area contributed by atoms with E-state index >= 15 is 0 Å². The van der Waals surface area contributed by atoms with Crippen LogP contribution in [0.15, 0.2) is 36.4 Å². The Morgan fingerprint density at radius 1 is 0.842 bits per heavy atom. The molecule has 100 valence electrons. The van der Waals surface area contributed by atoms with E-state index in [1.54, 1.807) is 0 Å². The standard InChI is InChI=1S/C16H19FN2/c1-10-4-11(2)6-13(5-10)16(19-18)14-7-12(3)8-15(17)9-14/h4-9,16,19H,18H2,1-3H3. The van der Waals surface area contributed by atoms with Crippen LogP contribution in [0.25, 0.3) is 0 Å². The van der Waals surface area contributed by atoms with Crippen LogP contribution >= 0.6 is 0 Å². The highest BCUT2D eigenvalue weighted by Crippen LogP contribution is 2.25. The lowest BCUT2D eigenvalue weighted by molar-refractivity contribution is 0.603. The minimum atomic E-state index is -0.236. The quantitative estimate of drug-likeness (QED) is 0.655. The minimum absolute atomic E-state index is 0.201. The van der Waals surface area contributed by atoms with Gasteiger partial charge in [0.05, 0.1) is 6.04 Å². The Morgan fingerprint density at radius 3 is 1.79 bits per heavy atom. The maximum atomic E-state index is 13.5. The topological polar surface area (TPSA) is 38.0 Å². The van der Waals surface area contributed by atoms with Gasteiger partial charge in [-0.25, -0.2) is 9.82 Å². The fourth-order valence-corrected chi connectivity index (χ4v) is 2.49. The first kappa shape index (κ1) is 13.7. The van der Waals surface area contributed by atoms with E-state index < -0.39 is 0 Å². The number of hydrogen-bond donors (Lipinski definition) is 2. The summed E-state index contributed by atoms with van der Waals surface area (Å²) in [6, 6.07) is 11.0. The van der Waals surface area contributed by atoms with E-state index in [4.69, 9.17) is 5.84 Å². The molecule has 2 aromatic carbocycles. The first-order valence-corrected chi connectivity index (χ1v) is 6.31. The lowest BCUT2D eigenvalue weighted by Gasteiger charge is -2.19. The zero-order valence-electron chi connectivity index (χ0n) is 11.5. The molecule has 0 bridgehead atoms. The van der Waals surface area contributed by atoms with Gasteiger partial charge < -0.3 is 0 Å². The molecule has 1 atom stereocenters. The van der Waals surface area contributed by atoms with E-state index in [1.807, 2.05) is 26.8 Å². The van der Waals surface area contributed by atoms with Crippen molar-refractivity contribution in [2.45, 2.75) is 26.8 Å². The highest BCUT2D eigenvalue weighted by atomic mass is 19.1. The molecule has 2 aromatic rings. The van der Waals surface area contributed by atoms with E-state index in [0.29, 0.717) is 0 Å². The van der Waals surface area contributed by atoms with Crippen LogP contribution in [-0.4, -0.2) is 0 Å². The van der Waals surface area contributed by atoms with Crippen LogP contribution in [0.3, 0.4) is 0 Å². The summed E-state index contributed by atoms with van der Waals surface area (Å²) >= 11 is 0. The smallest absolute Gasteiger partial charge is 0.123 e. The first-order valence-electron chi connectivity index (χ1n) is 6.31. The third-order valence-electron chi connectivity index (χ3n) is 3.14. The van der Waals surface area contributed by atoms with Crippen molar-refractivity contribution in [1.82, 2.24) is 5.43 Å². The molecule has 0 spiro atoms. The van der Waals surface area contributed by atoms with Gasteiger partial charge >= 0.3 is 0 Å². The summed E-state index contributed by atoms with van der Waals surface area (Å²) in [5.74, 6) is 5.43. The molecule has 0 aliphatic rings. The van der Waals surface area contributed by atoms with E-state index in [0.717, 1.165) is 16.7 Å². The monoisotopic (exact) mass is 258 g/mol. The summed E-state index contributed by atoms with van der Waals surface area (Å²) in [7, 11) is 0. The Hall–Kier alpha value is -1.71. The zero-order valence-corrected chi connectivity index (χ0v) is 11.5. The second-order valence-electron chi connectivity index (χ2n) is 5.08. The van der Waals surface area contributed by atoms with Crippen LogP contribution < -0.4 is 11.3 Å². The van der Waals surface area contributed by atoms with E-state index in [-0.39, 0.29) is 11.9 Å². The lowest BCUT2D eigenvalue weighted by atomic mass is 9.95. The average molecular weight is 258 g/mol. The van der Waals surface area contributed by atoms with Crippen molar-refractivity contribution in [2.24, 2.45) is 5.84 Å². The van der Waals surface area contributed by atoms with Crippen molar-refractivity contribution in [3.63, 3.8) is 0 Å². The summed E-state index contributed by atoms with van der Waals surface area (Å²) in [6.07, 6.45) is 0. The molecule has 2 rings (SSSR count). The number of aryl methyl sites for hydroxylation is 3. The molecule has 0 amide bonds. The third-order valence-corrected chi connectivity index (χ3v) is 3.14. The fraction of sp³-hybridized carbons (Fsp3) is 0.250. The Kier molecular flexibility index (Phi) is 3.98. The summed E-state index contributed by atoms with van der Waals surface area (Å²) in [6.45, 7) is 5.96. The van der Waals surface area contributed by atoms with Crippen molar-refractivity contribution < 1.29 is 4.39 Å². The molecular formula is C16H19FN2. The van der Waals surface area contributed by atoms with Crippen molar-refractivity contribution in [3.05, 3.63) is 70.0 Å². The predicted molar refractivity (Wildman–Crippen MR) is 76.2 cm³/mol. The molecule has 0 saturated carbocycles. The number of hydrazine groups is 1. The van der Waals surface area contributed by atoms with Crippen LogP contribution in [0.2, 0.25) is 0 Å². The van der Waals surface area contributed by atoms with Gasteiger partial charge in [-0.15, -0.1) is 0 Å². The van der Waals surface area contributed by atoms with E-state index in [9.17, 15) is 4.39 Å². The molecule has 19 heavy (non-hydrogen) atoms. The number of nitrogens with two attached hydrogens (primary N) is 1. The zero-order chi connectivity index (χ0) is 14.0. The minimum Gasteiger partial charge on any atom is -0.271 e. The van der Waals surface area contributed by atoms with Gasteiger partial charge in [-0.05, 0) is 49.6 Å². The Balaban J connectivity index is 2.49. The second kappa shape index (κ2) is 5.51. The maximum Gasteiger partial charge on any atom is 0.123 e. The van der Waals surface area contributed by atoms with Crippen LogP contribution in [-0.2, 0) is 0 Å². The molecule has 3 heteroatoms. The summed E-state index contributed by atoms with van der Waals surface area (Å²) in [4.78, 5) is 0. The average Bonchev–Trinajstić information content (AvgIpc) is 2.27. The van der Waals surface area contributed by atoms with Gasteiger partial charge in [0.15, 0.2) is 0 Å². The van der Waals surface area contributed by atoms with Crippen LogP contribution in [0.4, 0.5) is 4.39 Å². The molecule has 0 aliphatic heterocycles. The SMILES string of the molecule is Cc1cc(C)cc(C(NN)c2cc(C)cc(F)c2)c1. The molecule has 0 aliphatic carbocycles. The van der Waals surface area contributed by atoms with Gasteiger partial charge in [0.2, 0.25) is 0 Å². The van der Waals surface area contributed by atoms with Gasteiger partial charge in [-0.3, -0.25) is 5.84 Å². The predicted octanol–water partition coefficient (Wildman–Crippen LogP) is 3.30. The van der Waals surface area contributed by atoms with Crippen molar-refractivity contribution in [3.8, 4) is 0 Å². The van der Waals surface area contributed by atoms with E-state index in [1.165, 1.54) is 23.3 Å².